The van der Waals surface area contributed by atoms with Gasteiger partial charge in [-0.25, -0.2) is 39.0 Å². The van der Waals surface area contributed by atoms with Crippen LogP contribution in [0.5, 0.6) is 0 Å². The van der Waals surface area contributed by atoms with Crippen molar-refractivity contribution in [2.24, 2.45) is 0 Å². The number of nitrogens with zero attached hydrogens (tertiary/aromatic N) is 8. The molecule has 18 nitrogen and oxygen atoms in total. The summed E-state index contributed by atoms with van der Waals surface area (Å²) < 4.78 is 68.2. The fourth-order valence-electron chi connectivity index (χ4n) is 6.21. The number of nitrogen functional groups attached to an aromatic ring is 2. The summed E-state index contributed by atoms with van der Waals surface area (Å²) in [6.07, 6.45) is 3.38. The third-order valence-electron chi connectivity index (χ3n) is 8.80. The summed E-state index contributed by atoms with van der Waals surface area (Å²) in [5, 5.41) is 0. The van der Waals surface area contributed by atoms with Gasteiger partial charge in [-0.2, -0.15) is 0 Å². The maximum absolute atomic E-state index is 13.9. The van der Waals surface area contributed by atoms with Gasteiger partial charge in [-0.15, -0.1) is 0 Å². The quantitative estimate of drug-likeness (QED) is 0.174. The van der Waals surface area contributed by atoms with Crippen LogP contribution in [0.1, 0.15) is 52.0 Å². The van der Waals surface area contributed by atoms with Gasteiger partial charge in [-0.1, -0.05) is 38.3 Å². The lowest BCUT2D eigenvalue weighted by molar-refractivity contribution is -0.136. The predicted molar refractivity (Wildman–Crippen MR) is 170 cm³/mol. The first-order valence-electron chi connectivity index (χ1n) is 14.4. The molecular formula is C24H32N10O8P2S2. The van der Waals surface area contributed by atoms with Crippen molar-refractivity contribution in [1.29, 1.82) is 0 Å². The standard InChI is InChI=1S/C24H32N10O8P2S2/c1-3-23-7-37-43(35,45)42-14-6-16(34-12-32-18-20(26)28-10-30-22(18)34)40-24(14,4-2)8-38-44(36,46)41-13(23)5-15(39-23)33-11-31-17-19(25)27-9-29-21(17)33/h9-16H,3-8H2,1-2H3,(H,35,45)(H,36,46)(H2,25,27,29)(H2,26,28,30)/t13-,14-,15+,16+,23+,24+,43+,44?/m0/s1. The molecule has 3 aliphatic rings. The Bertz CT molecular complexity index is 1770. The van der Waals surface area contributed by atoms with Crippen molar-refractivity contribution >= 4 is 72.1 Å². The van der Waals surface area contributed by atoms with E-state index in [4.69, 9.17) is 39.0 Å². The SMILES string of the molecule is CC[C@@]12CO[P@@](=O)(S)O[C@H]3C[C@H](n4cnc5c(N)ncnc54)O[C@]3(CC)COP(=O)(S)O[C@H]1C[C@H](n1cnc3c(N)ncnc31)O2. The van der Waals surface area contributed by atoms with Gasteiger partial charge in [0, 0.05) is 12.8 Å². The fourth-order valence-corrected chi connectivity index (χ4v) is 9.32. The maximum Gasteiger partial charge on any atom is 0.386 e. The minimum absolute atomic E-state index is 0.164. The zero-order chi connectivity index (χ0) is 32.5. The van der Waals surface area contributed by atoms with Gasteiger partial charge in [0.15, 0.2) is 22.9 Å². The summed E-state index contributed by atoms with van der Waals surface area (Å²) in [5.41, 5.74) is 11.1. The van der Waals surface area contributed by atoms with Crippen molar-refractivity contribution in [3.05, 3.63) is 25.3 Å². The van der Waals surface area contributed by atoms with Crippen LogP contribution in [0.15, 0.2) is 25.3 Å². The van der Waals surface area contributed by atoms with E-state index in [1.165, 1.54) is 25.3 Å². The molecule has 0 aromatic carbocycles. The summed E-state index contributed by atoms with van der Waals surface area (Å²) in [7, 11) is 0. The molecule has 4 aromatic heterocycles. The van der Waals surface area contributed by atoms with Crippen molar-refractivity contribution in [2.75, 3.05) is 24.7 Å². The Kier molecular flexibility index (Phi) is 8.15. The summed E-state index contributed by atoms with van der Waals surface area (Å²) in [6.45, 7) is -5.07. The van der Waals surface area contributed by atoms with Crippen molar-refractivity contribution in [3.63, 3.8) is 0 Å². The lowest BCUT2D eigenvalue weighted by atomic mass is 9.95. The Morgan fingerprint density at radius 2 is 1.17 bits per heavy atom. The van der Waals surface area contributed by atoms with Crippen LogP contribution in [0.4, 0.5) is 11.6 Å². The highest BCUT2D eigenvalue weighted by molar-refractivity contribution is 8.44. The molecule has 7 heterocycles. The molecule has 3 aliphatic heterocycles. The number of anilines is 2. The average molecular weight is 715 g/mol. The van der Waals surface area contributed by atoms with Gasteiger partial charge in [0.1, 0.15) is 59.6 Å². The van der Waals surface area contributed by atoms with Crippen LogP contribution in [0, 0.1) is 0 Å². The highest BCUT2D eigenvalue weighted by Gasteiger charge is 2.57. The second kappa shape index (κ2) is 11.6. The number of ether oxygens (including phenoxy) is 2. The van der Waals surface area contributed by atoms with E-state index >= 15 is 0 Å². The molecule has 4 aromatic rings. The lowest BCUT2D eigenvalue weighted by Gasteiger charge is -2.38. The molecule has 0 spiro atoms. The van der Waals surface area contributed by atoms with Crippen LogP contribution in [-0.2, 0) is 36.7 Å². The number of nitrogens with two attached hydrogens (primary N) is 2. The number of aromatic nitrogens is 8. The number of thiol groups is 2. The topological polar surface area (TPSA) is 229 Å². The molecule has 7 rings (SSSR count). The van der Waals surface area contributed by atoms with Crippen LogP contribution < -0.4 is 11.5 Å². The molecular weight excluding hydrogens is 682 g/mol. The van der Waals surface area contributed by atoms with Gasteiger partial charge in [0.25, 0.3) is 0 Å². The second-order valence-electron chi connectivity index (χ2n) is 11.3. The van der Waals surface area contributed by atoms with Crippen LogP contribution >= 0.6 is 38.1 Å². The summed E-state index contributed by atoms with van der Waals surface area (Å²) in [6, 6.07) is 0. The van der Waals surface area contributed by atoms with E-state index in [1.54, 1.807) is 9.13 Å². The number of hydrogen-bond donors (Lipinski definition) is 4. The van der Waals surface area contributed by atoms with Gasteiger partial charge in [-0.05, 0) is 12.8 Å². The second-order valence-corrected chi connectivity index (χ2v) is 17.0. The summed E-state index contributed by atoms with van der Waals surface area (Å²) >= 11 is 8.68. The van der Waals surface area contributed by atoms with E-state index < -0.39 is 49.5 Å². The third-order valence-corrected chi connectivity index (χ3v) is 12.0. The number of fused-ring (bicyclic) bond motifs is 4. The van der Waals surface area contributed by atoms with Crippen LogP contribution in [0.25, 0.3) is 22.3 Å². The normalized spacial score (nSPS) is 37.1. The highest BCUT2D eigenvalue weighted by atomic mass is 32.7. The van der Waals surface area contributed by atoms with Gasteiger partial charge in [0.05, 0.1) is 25.9 Å². The zero-order valence-electron chi connectivity index (χ0n) is 24.6. The van der Waals surface area contributed by atoms with E-state index in [9.17, 15) is 9.13 Å². The Morgan fingerprint density at radius 3 is 1.57 bits per heavy atom. The van der Waals surface area contributed by atoms with E-state index in [0.717, 1.165) is 0 Å². The van der Waals surface area contributed by atoms with Crippen molar-refractivity contribution in [3.8, 4) is 0 Å². The van der Waals surface area contributed by atoms with Crippen molar-refractivity contribution in [1.82, 2.24) is 39.0 Å². The molecule has 0 saturated carbocycles. The Labute approximate surface area is 272 Å². The van der Waals surface area contributed by atoms with E-state index in [2.05, 4.69) is 54.4 Å². The zero-order valence-corrected chi connectivity index (χ0v) is 28.2. The molecule has 8 atom stereocenters. The van der Waals surface area contributed by atoms with E-state index in [0.29, 0.717) is 35.2 Å². The molecule has 0 bridgehead atoms. The molecule has 3 saturated heterocycles. The average Bonchev–Trinajstić information content (AvgIpc) is 3.79. The molecule has 3 fully saturated rings. The molecule has 248 valence electrons. The van der Waals surface area contributed by atoms with Gasteiger partial charge < -0.3 is 20.9 Å². The summed E-state index contributed by atoms with van der Waals surface area (Å²) in [4.78, 5) is 25.2. The van der Waals surface area contributed by atoms with Crippen LogP contribution in [-0.4, -0.2) is 75.7 Å². The van der Waals surface area contributed by atoms with Crippen molar-refractivity contribution in [2.45, 2.75) is 75.4 Å². The highest BCUT2D eigenvalue weighted by Crippen LogP contribution is 2.63. The number of hydrogen-bond acceptors (Lipinski definition) is 16. The van der Waals surface area contributed by atoms with Crippen LogP contribution in [0.3, 0.4) is 0 Å². The summed E-state index contributed by atoms with van der Waals surface area (Å²) in [5.74, 6) is 0.413. The van der Waals surface area contributed by atoms with E-state index in [-0.39, 0.29) is 37.7 Å². The first-order valence-corrected chi connectivity index (χ1v) is 19.8. The fraction of sp³-hybridized carbons (Fsp3) is 0.583. The smallest absolute Gasteiger partial charge is 0.382 e. The Balaban J connectivity index is 1.21. The third kappa shape index (κ3) is 5.51. The first kappa shape index (κ1) is 32.2. The molecule has 46 heavy (non-hydrogen) atoms. The Hall–Kier alpha value is -2.38. The largest absolute Gasteiger partial charge is 0.386 e. The van der Waals surface area contributed by atoms with Gasteiger partial charge in [-0.3, -0.25) is 27.2 Å². The molecule has 0 amide bonds. The molecule has 0 aliphatic carbocycles. The van der Waals surface area contributed by atoms with E-state index in [1.807, 2.05) is 13.8 Å². The van der Waals surface area contributed by atoms with Crippen LogP contribution in [0.2, 0.25) is 0 Å². The lowest BCUT2D eigenvalue weighted by Crippen LogP contribution is -2.46. The van der Waals surface area contributed by atoms with Gasteiger partial charge in [0.2, 0.25) is 0 Å². The first-order chi connectivity index (χ1) is 21.9. The monoisotopic (exact) mass is 714 g/mol. The number of rotatable bonds is 4. The minimum atomic E-state index is -4.08. The van der Waals surface area contributed by atoms with Gasteiger partial charge >= 0.3 is 13.6 Å². The maximum atomic E-state index is 13.9. The van der Waals surface area contributed by atoms with Crippen molar-refractivity contribution < 1.29 is 36.7 Å². The number of imidazole rings is 2. The molecule has 0 radical (unpaired) electrons. The minimum Gasteiger partial charge on any atom is -0.382 e. The predicted octanol–water partition coefficient (Wildman–Crippen LogP) is 3.86. The molecule has 22 heteroatoms. The molecule has 1 unspecified atom stereocenters. The Morgan fingerprint density at radius 1 is 0.761 bits per heavy atom. The molecule has 4 N–H and O–H groups in total.